The Morgan fingerprint density at radius 3 is 2.69 bits per heavy atom. The molecule has 1 rings (SSSR count). The summed E-state index contributed by atoms with van der Waals surface area (Å²) >= 11 is 7.35. The van der Waals surface area contributed by atoms with Gasteiger partial charge in [0.2, 0.25) is 0 Å². The van der Waals surface area contributed by atoms with Gasteiger partial charge in [-0.1, -0.05) is 11.6 Å². The fourth-order valence-corrected chi connectivity index (χ4v) is 1.70. The molecule has 0 aliphatic carbocycles. The van der Waals surface area contributed by atoms with E-state index in [1.807, 2.05) is 22.6 Å². The smallest absolute Gasteiger partial charge is 0.253 e. The van der Waals surface area contributed by atoms with E-state index >= 15 is 0 Å². The highest BCUT2D eigenvalue weighted by atomic mass is 127. The van der Waals surface area contributed by atoms with E-state index in [1.54, 1.807) is 6.07 Å². The zero-order valence-electron chi connectivity index (χ0n) is 6.06. The van der Waals surface area contributed by atoms with Crippen LogP contribution in [0.5, 0.6) is 0 Å². The van der Waals surface area contributed by atoms with Gasteiger partial charge in [0.15, 0.2) is 0 Å². The largest absolute Gasteiger partial charge is 0.281 e. The normalized spacial score (nSPS) is 10.2. The Labute approximate surface area is 91.7 Å². The van der Waals surface area contributed by atoms with Gasteiger partial charge in [-0.15, -0.1) is 0 Å². The van der Waals surface area contributed by atoms with Crippen molar-refractivity contribution in [1.82, 2.24) is 4.98 Å². The molecular weight excluding hydrogens is 312 g/mol. The van der Waals surface area contributed by atoms with Crippen molar-refractivity contribution in [1.29, 1.82) is 5.26 Å². The van der Waals surface area contributed by atoms with E-state index in [-0.39, 0.29) is 10.6 Å². The minimum atomic E-state index is -2.75. The SMILES string of the molecule is N#Cc1c(I)cnc(C(F)F)c1Cl. The molecule has 6 heteroatoms. The van der Waals surface area contributed by atoms with Crippen LogP contribution >= 0.6 is 34.2 Å². The first kappa shape index (κ1) is 10.6. The van der Waals surface area contributed by atoms with E-state index in [2.05, 4.69) is 4.98 Å². The van der Waals surface area contributed by atoms with Crippen molar-refractivity contribution in [3.63, 3.8) is 0 Å². The monoisotopic (exact) mass is 314 g/mol. The van der Waals surface area contributed by atoms with Gasteiger partial charge < -0.3 is 0 Å². The summed E-state index contributed by atoms with van der Waals surface area (Å²) in [6.07, 6.45) is -1.55. The van der Waals surface area contributed by atoms with Gasteiger partial charge in [-0.05, 0) is 22.6 Å². The maximum Gasteiger partial charge on any atom is 0.281 e. The molecule has 1 aromatic rings. The first-order valence-electron chi connectivity index (χ1n) is 3.10. The van der Waals surface area contributed by atoms with Crippen LogP contribution in [0.3, 0.4) is 0 Å². The summed E-state index contributed by atoms with van der Waals surface area (Å²) in [5.41, 5.74) is -0.494. The van der Waals surface area contributed by atoms with Crippen LogP contribution in [-0.4, -0.2) is 4.98 Å². The molecule has 0 bridgehead atoms. The average Bonchev–Trinajstić information content (AvgIpc) is 2.04. The summed E-state index contributed by atoms with van der Waals surface area (Å²) in [6, 6.07) is 1.75. The second kappa shape index (κ2) is 4.15. The molecule has 0 N–H and O–H groups in total. The van der Waals surface area contributed by atoms with E-state index in [0.717, 1.165) is 0 Å². The molecule has 0 atom stereocenters. The van der Waals surface area contributed by atoms with Crippen molar-refractivity contribution in [2.45, 2.75) is 6.43 Å². The maximum absolute atomic E-state index is 12.2. The number of aromatic nitrogens is 1. The Bertz CT molecular complexity index is 375. The molecule has 0 unspecified atom stereocenters. The summed E-state index contributed by atoms with van der Waals surface area (Å²) in [5.74, 6) is 0. The van der Waals surface area contributed by atoms with Crippen LogP contribution in [0.2, 0.25) is 5.02 Å². The second-order valence-corrected chi connectivity index (χ2v) is 3.63. The molecule has 13 heavy (non-hydrogen) atoms. The molecule has 0 saturated heterocycles. The molecule has 68 valence electrons. The Kier molecular flexibility index (Phi) is 3.39. The molecule has 0 saturated carbocycles. The summed E-state index contributed by atoms with van der Waals surface area (Å²) in [5, 5.41) is 8.33. The van der Waals surface area contributed by atoms with Crippen molar-refractivity contribution in [2.75, 3.05) is 0 Å². The van der Waals surface area contributed by atoms with Gasteiger partial charge in [-0.25, -0.2) is 8.78 Å². The van der Waals surface area contributed by atoms with Crippen LogP contribution in [0, 0.1) is 14.9 Å². The van der Waals surface area contributed by atoms with Gasteiger partial charge in [-0.3, -0.25) is 4.98 Å². The van der Waals surface area contributed by atoms with Crippen molar-refractivity contribution in [3.05, 3.63) is 26.0 Å². The number of hydrogen-bond donors (Lipinski definition) is 0. The predicted molar refractivity (Wildman–Crippen MR) is 51.6 cm³/mol. The summed E-state index contributed by atoms with van der Waals surface area (Å²) in [6.45, 7) is 0. The van der Waals surface area contributed by atoms with Crippen molar-refractivity contribution in [3.8, 4) is 6.07 Å². The molecule has 0 amide bonds. The Morgan fingerprint density at radius 2 is 2.23 bits per heavy atom. The van der Waals surface area contributed by atoms with Gasteiger partial charge in [-0.2, -0.15) is 5.26 Å². The van der Waals surface area contributed by atoms with Crippen LogP contribution in [0.1, 0.15) is 17.7 Å². The van der Waals surface area contributed by atoms with Crippen LogP contribution in [-0.2, 0) is 0 Å². The van der Waals surface area contributed by atoms with Crippen molar-refractivity contribution < 1.29 is 8.78 Å². The van der Waals surface area contributed by atoms with E-state index in [1.165, 1.54) is 6.20 Å². The Morgan fingerprint density at radius 1 is 1.62 bits per heavy atom. The summed E-state index contributed by atoms with van der Waals surface area (Å²) in [7, 11) is 0. The molecule has 1 heterocycles. The fourth-order valence-electron chi connectivity index (χ4n) is 0.735. The van der Waals surface area contributed by atoms with Crippen molar-refractivity contribution >= 4 is 34.2 Å². The van der Waals surface area contributed by atoms with Gasteiger partial charge in [0.1, 0.15) is 11.8 Å². The van der Waals surface area contributed by atoms with Gasteiger partial charge in [0, 0.05) is 6.20 Å². The average molecular weight is 314 g/mol. The van der Waals surface area contributed by atoms with Crippen LogP contribution < -0.4 is 0 Å². The van der Waals surface area contributed by atoms with Gasteiger partial charge >= 0.3 is 0 Å². The van der Waals surface area contributed by atoms with Crippen LogP contribution in [0.15, 0.2) is 6.20 Å². The Balaban J connectivity index is 3.38. The highest BCUT2D eigenvalue weighted by Crippen LogP contribution is 2.29. The molecule has 0 spiro atoms. The lowest BCUT2D eigenvalue weighted by atomic mass is 10.2. The third-order valence-corrected chi connectivity index (χ3v) is 2.52. The lowest BCUT2D eigenvalue weighted by molar-refractivity contribution is 0.146. The fraction of sp³-hybridized carbons (Fsp3) is 0.143. The minimum absolute atomic E-state index is 0.0487. The molecule has 2 nitrogen and oxygen atoms in total. The van der Waals surface area contributed by atoms with Gasteiger partial charge in [0.25, 0.3) is 6.43 Å². The number of nitriles is 1. The van der Waals surface area contributed by atoms with E-state index in [9.17, 15) is 8.78 Å². The number of rotatable bonds is 1. The highest BCUT2D eigenvalue weighted by Gasteiger charge is 2.18. The zero-order chi connectivity index (χ0) is 10.0. The standard InChI is InChI=1S/C7H2ClF2IN2/c8-5-3(1-12)4(11)2-13-6(5)7(9)10/h2,7H. The Hall–Kier alpha value is -0.480. The minimum Gasteiger partial charge on any atom is -0.253 e. The molecular formula is C7H2ClF2IN2. The lowest BCUT2D eigenvalue weighted by Gasteiger charge is -2.03. The quantitative estimate of drug-likeness (QED) is 0.747. The summed E-state index contributed by atoms with van der Waals surface area (Å²) in [4.78, 5) is 3.45. The third kappa shape index (κ3) is 2.06. The molecule has 0 aliphatic heterocycles. The number of alkyl halides is 2. The van der Waals surface area contributed by atoms with Crippen LogP contribution in [0.4, 0.5) is 8.78 Å². The first-order valence-corrected chi connectivity index (χ1v) is 4.55. The number of pyridine rings is 1. The molecule has 0 aliphatic rings. The van der Waals surface area contributed by atoms with Gasteiger partial charge in [0.05, 0.1) is 14.2 Å². The molecule has 0 fully saturated rings. The summed E-state index contributed by atoms with van der Waals surface area (Å²) < 4.78 is 24.9. The number of nitrogens with zero attached hydrogens (tertiary/aromatic N) is 2. The third-order valence-electron chi connectivity index (χ3n) is 1.32. The first-order chi connectivity index (χ1) is 6.07. The molecule has 0 radical (unpaired) electrons. The van der Waals surface area contributed by atoms with Crippen LogP contribution in [0.25, 0.3) is 0 Å². The van der Waals surface area contributed by atoms with E-state index in [4.69, 9.17) is 16.9 Å². The number of halogens is 4. The molecule has 0 aromatic carbocycles. The number of hydrogen-bond acceptors (Lipinski definition) is 2. The highest BCUT2D eigenvalue weighted by molar-refractivity contribution is 14.1. The zero-order valence-corrected chi connectivity index (χ0v) is 8.97. The lowest BCUT2D eigenvalue weighted by Crippen LogP contribution is -1.96. The molecule has 1 aromatic heterocycles. The maximum atomic E-state index is 12.2. The van der Waals surface area contributed by atoms with Crippen molar-refractivity contribution in [2.24, 2.45) is 0 Å². The predicted octanol–water partition coefficient (Wildman–Crippen LogP) is 3.15. The van der Waals surface area contributed by atoms with E-state index < -0.39 is 12.1 Å². The second-order valence-electron chi connectivity index (χ2n) is 2.09. The van der Waals surface area contributed by atoms with E-state index in [0.29, 0.717) is 3.57 Å². The topological polar surface area (TPSA) is 36.7 Å².